The van der Waals surface area contributed by atoms with E-state index in [0.29, 0.717) is 5.82 Å². The van der Waals surface area contributed by atoms with Crippen LogP contribution in [0.4, 0.5) is 0 Å². The summed E-state index contributed by atoms with van der Waals surface area (Å²) in [5.74, 6) is -1.08. The van der Waals surface area contributed by atoms with Gasteiger partial charge in [0.2, 0.25) is 0 Å². The Kier molecular flexibility index (Phi) is 3.08. The third-order valence-corrected chi connectivity index (χ3v) is 3.37. The zero-order valence-corrected chi connectivity index (χ0v) is 9.60. The van der Waals surface area contributed by atoms with Crippen molar-refractivity contribution in [2.24, 2.45) is 0 Å². The Labute approximate surface area is 100 Å². The van der Waals surface area contributed by atoms with Gasteiger partial charge in [-0.25, -0.2) is 22.9 Å². The highest BCUT2D eigenvalue weighted by Gasteiger charge is 2.24. The molecule has 0 fully saturated rings. The molecule has 11 heteroatoms. The number of nitrogens with one attached hydrogen (secondary N) is 3. The van der Waals surface area contributed by atoms with Crippen molar-refractivity contribution in [3.05, 3.63) is 23.9 Å². The maximum absolute atomic E-state index is 11.8. The molecule has 0 spiro atoms. The zero-order valence-electron chi connectivity index (χ0n) is 8.78. The molecule has 18 heavy (non-hydrogen) atoms. The first-order chi connectivity index (χ1) is 8.50. The van der Waals surface area contributed by atoms with Gasteiger partial charge in [-0.2, -0.15) is 10.2 Å². The summed E-state index contributed by atoms with van der Waals surface area (Å²) < 4.78 is 25.8. The maximum Gasteiger partial charge on any atom is 0.340 e. The van der Waals surface area contributed by atoms with E-state index in [1.807, 2.05) is 0 Å². The lowest BCUT2D eigenvalue weighted by Gasteiger charge is -2.03. The molecule has 96 valence electrons. The second-order valence-corrected chi connectivity index (χ2v) is 4.88. The van der Waals surface area contributed by atoms with E-state index >= 15 is 0 Å². The Morgan fingerprint density at radius 3 is 2.78 bits per heavy atom. The molecular weight excluding hydrogens is 264 g/mol. The van der Waals surface area contributed by atoms with E-state index in [9.17, 15) is 13.2 Å². The second kappa shape index (κ2) is 4.54. The number of carbonyl (C=O) groups is 1. The predicted octanol–water partition coefficient (Wildman–Crippen LogP) is -1.30. The highest BCUT2D eigenvalue weighted by Crippen LogP contribution is 2.11. The lowest BCUT2D eigenvalue weighted by atomic mass is 10.4. The summed E-state index contributed by atoms with van der Waals surface area (Å²) in [5.41, 5.74) is -0.430. The fourth-order valence-corrected chi connectivity index (χ4v) is 2.26. The first-order valence-corrected chi connectivity index (χ1v) is 6.09. The van der Waals surface area contributed by atoms with E-state index in [2.05, 4.69) is 30.1 Å². The minimum atomic E-state index is -4.01. The molecule has 0 radical (unpaired) electrons. The summed E-state index contributed by atoms with van der Waals surface area (Å²) in [6.07, 6.45) is 2.15. The normalized spacial score (nSPS) is 11.6. The summed E-state index contributed by atoms with van der Waals surface area (Å²) in [4.78, 5) is 14.5. The molecule has 2 aromatic heterocycles. The van der Waals surface area contributed by atoms with Crippen LogP contribution < -0.4 is 4.72 Å². The highest BCUT2D eigenvalue weighted by molar-refractivity contribution is 7.89. The van der Waals surface area contributed by atoms with Crippen molar-refractivity contribution < 1.29 is 18.3 Å². The number of aromatic nitrogens is 5. The third kappa shape index (κ3) is 2.36. The summed E-state index contributed by atoms with van der Waals surface area (Å²) in [6, 6.07) is 0. The Morgan fingerprint density at radius 2 is 2.17 bits per heavy atom. The van der Waals surface area contributed by atoms with Crippen LogP contribution in [0.2, 0.25) is 0 Å². The Balaban J connectivity index is 2.20. The molecular formula is C7H8N6O4S. The van der Waals surface area contributed by atoms with Gasteiger partial charge in [-0.15, -0.1) is 0 Å². The Bertz CT molecular complexity index is 645. The number of aromatic amines is 2. The van der Waals surface area contributed by atoms with E-state index in [-0.39, 0.29) is 6.54 Å². The first kappa shape index (κ1) is 12.2. The maximum atomic E-state index is 11.8. The number of hydrogen-bond donors (Lipinski definition) is 4. The molecule has 0 aliphatic carbocycles. The Hall–Kier alpha value is -2.27. The van der Waals surface area contributed by atoms with Crippen LogP contribution in [0.1, 0.15) is 16.2 Å². The van der Waals surface area contributed by atoms with Gasteiger partial charge in [0, 0.05) is 0 Å². The van der Waals surface area contributed by atoms with Crippen molar-refractivity contribution >= 4 is 16.0 Å². The third-order valence-electron chi connectivity index (χ3n) is 2.00. The molecule has 0 aromatic carbocycles. The molecule has 0 saturated carbocycles. The SMILES string of the molecule is O=C(O)c1cn[nH]c1S(=O)(=O)NCc1ncn[nH]1. The topological polar surface area (TPSA) is 154 Å². The van der Waals surface area contributed by atoms with Crippen LogP contribution in [0.3, 0.4) is 0 Å². The first-order valence-electron chi connectivity index (χ1n) is 4.61. The predicted molar refractivity (Wildman–Crippen MR) is 56.0 cm³/mol. The summed E-state index contributed by atoms with van der Waals surface area (Å²) in [5, 5.41) is 19.8. The Morgan fingerprint density at radius 1 is 1.39 bits per heavy atom. The largest absolute Gasteiger partial charge is 0.478 e. The van der Waals surface area contributed by atoms with Gasteiger partial charge in [0.1, 0.15) is 17.7 Å². The average molecular weight is 272 g/mol. The van der Waals surface area contributed by atoms with Crippen LogP contribution in [-0.2, 0) is 16.6 Å². The number of aromatic carboxylic acids is 1. The molecule has 10 nitrogen and oxygen atoms in total. The molecule has 2 heterocycles. The van der Waals surface area contributed by atoms with Crippen LogP contribution in [-0.4, -0.2) is 44.9 Å². The number of H-pyrrole nitrogens is 2. The van der Waals surface area contributed by atoms with Gasteiger partial charge >= 0.3 is 5.97 Å². The highest BCUT2D eigenvalue weighted by atomic mass is 32.2. The van der Waals surface area contributed by atoms with E-state index < -0.39 is 26.6 Å². The van der Waals surface area contributed by atoms with E-state index in [1.165, 1.54) is 6.33 Å². The smallest absolute Gasteiger partial charge is 0.340 e. The minimum absolute atomic E-state index is 0.138. The number of rotatable bonds is 5. The second-order valence-electron chi connectivity index (χ2n) is 3.17. The van der Waals surface area contributed by atoms with Gasteiger partial charge in [-0.05, 0) is 0 Å². The summed E-state index contributed by atoms with van der Waals surface area (Å²) in [7, 11) is -4.01. The minimum Gasteiger partial charge on any atom is -0.478 e. The van der Waals surface area contributed by atoms with E-state index in [0.717, 1.165) is 6.20 Å². The lowest BCUT2D eigenvalue weighted by molar-refractivity contribution is 0.0692. The molecule has 0 saturated heterocycles. The van der Waals surface area contributed by atoms with Crippen LogP contribution in [0, 0.1) is 0 Å². The fourth-order valence-electron chi connectivity index (χ4n) is 1.18. The molecule has 4 N–H and O–H groups in total. The van der Waals surface area contributed by atoms with Gasteiger partial charge in [0.05, 0.1) is 12.7 Å². The quantitative estimate of drug-likeness (QED) is 0.527. The van der Waals surface area contributed by atoms with Crippen LogP contribution in [0.15, 0.2) is 17.6 Å². The number of carboxylic acid groups (broad SMARTS) is 1. The van der Waals surface area contributed by atoms with Crippen molar-refractivity contribution in [3.63, 3.8) is 0 Å². The van der Waals surface area contributed by atoms with E-state index in [1.54, 1.807) is 0 Å². The number of hydrogen-bond acceptors (Lipinski definition) is 6. The van der Waals surface area contributed by atoms with Gasteiger partial charge < -0.3 is 5.11 Å². The van der Waals surface area contributed by atoms with Crippen LogP contribution in [0.25, 0.3) is 0 Å². The van der Waals surface area contributed by atoms with Crippen molar-refractivity contribution in [1.82, 2.24) is 30.1 Å². The molecule has 0 bridgehead atoms. The molecule has 0 aliphatic rings. The van der Waals surface area contributed by atoms with Crippen LogP contribution in [0.5, 0.6) is 0 Å². The van der Waals surface area contributed by atoms with E-state index in [4.69, 9.17) is 5.11 Å². The van der Waals surface area contributed by atoms with Gasteiger partial charge in [-0.1, -0.05) is 0 Å². The lowest BCUT2D eigenvalue weighted by Crippen LogP contribution is -2.25. The van der Waals surface area contributed by atoms with Gasteiger partial charge in [0.25, 0.3) is 10.0 Å². The van der Waals surface area contributed by atoms with Gasteiger partial charge in [-0.3, -0.25) is 10.2 Å². The van der Waals surface area contributed by atoms with Crippen molar-refractivity contribution in [3.8, 4) is 0 Å². The van der Waals surface area contributed by atoms with Crippen molar-refractivity contribution in [2.75, 3.05) is 0 Å². The molecule has 0 aliphatic heterocycles. The van der Waals surface area contributed by atoms with Gasteiger partial charge in [0.15, 0.2) is 5.03 Å². The fraction of sp³-hybridized carbons (Fsp3) is 0.143. The van der Waals surface area contributed by atoms with Crippen molar-refractivity contribution in [1.29, 1.82) is 0 Å². The molecule has 0 atom stereocenters. The standard InChI is InChI=1S/C7H8N6O4S/c14-7(15)4-1-9-13-6(4)18(16,17)11-2-5-8-3-10-12-5/h1,3,11H,2H2,(H,9,13)(H,14,15)(H,8,10,12). The number of nitrogens with zero attached hydrogens (tertiary/aromatic N) is 3. The molecule has 2 rings (SSSR count). The molecule has 0 amide bonds. The van der Waals surface area contributed by atoms with Crippen molar-refractivity contribution in [2.45, 2.75) is 11.6 Å². The zero-order chi connectivity index (χ0) is 13.2. The monoisotopic (exact) mass is 272 g/mol. The average Bonchev–Trinajstić information content (AvgIpc) is 2.98. The van der Waals surface area contributed by atoms with Crippen LogP contribution >= 0.6 is 0 Å². The number of sulfonamides is 1. The summed E-state index contributed by atoms with van der Waals surface area (Å²) in [6.45, 7) is -0.138. The molecule has 0 unspecified atom stereocenters. The number of carboxylic acids is 1. The molecule has 2 aromatic rings. The summed E-state index contributed by atoms with van der Waals surface area (Å²) >= 11 is 0.